The topological polar surface area (TPSA) is 100.0 Å². The Bertz CT molecular complexity index is 1130. The first kappa shape index (κ1) is 25.1. The molecular formula is C25H34N4O3S. The Balaban J connectivity index is 1.56. The molecule has 1 aliphatic carbocycles. The second kappa shape index (κ2) is 10.1. The maximum atomic E-state index is 12.8. The molecule has 1 fully saturated rings. The van der Waals surface area contributed by atoms with Crippen LogP contribution in [-0.4, -0.2) is 25.1 Å². The summed E-state index contributed by atoms with van der Waals surface area (Å²) >= 11 is 0. The number of hydrogen-bond donors (Lipinski definition) is 2. The van der Waals surface area contributed by atoms with E-state index in [0.717, 1.165) is 28.2 Å². The van der Waals surface area contributed by atoms with Crippen molar-refractivity contribution >= 4 is 33.0 Å². The molecule has 1 aliphatic rings. The Morgan fingerprint density at radius 3 is 2.21 bits per heavy atom. The second-order valence-electron chi connectivity index (χ2n) is 9.76. The van der Waals surface area contributed by atoms with E-state index >= 15 is 0 Å². The average Bonchev–Trinajstić information content (AvgIpc) is 2.74. The highest BCUT2D eigenvalue weighted by Gasteiger charge is 2.34. The largest absolute Gasteiger partial charge is 0.326 e. The third-order valence-corrected chi connectivity index (χ3v) is 8.34. The van der Waals surface area contributed by atoms with Crippen LogP contribution in [0, 0.1) is 19.8 Å². The summed E-state index contributed by atoms with van der Waals surface area (Å²) in [6.07, 6.45) is 2.63. The van der Waals surface area contributed by atoms with Crippen LogP contribution in [0.3, 0.4) is 0 Å². The molecule has 0 heterocycles. The van der Waals surface area contributed by atoms with Crippen molar-refractivity contribution in [3.63, 3.8) is 0 Å². The number of carbonyl (C=O) groups is 1. The molecule has 7 nitrogen and oxygen atoms in total. The monoisotopic (exact) mass is 470 g/mol. The number of amides is 1. The van der Waals surface area contributed by atoms with Gasteiger partial charge in [0.15, 0.2) is 0 Å². The summed E-state index contributed by atoms with van der Waals surface area (Å²) in [5.74, 6) is -0.148. The third-order valence-electron chi connectivity index (χ3n) is 6.08. The molecule has 0 aromatic heterocycles. The van der Waals surface area contributed by atoms with Crippen molar-refractivity contribution in [1.29, 1.82) is 0 Å². The first-order valence-electron chi connectivity index (χ1n) is 11.4. The summed E-state index contributed by atoms with van der Waals surface area (Å²) in [5.41, 5.74) is 4.28. The van der Waals surface area contributed by atoms with Gasteiger partial charge in [0.2, 0.25) is 15.9 Å². The van der Waals surface area contributed by atoms with Crippen molar-refractivity contribution in [3.8, 4) is 0 Å². The van der Waals surface area contributed by atoms with E-state index in [2.05, 4.69) is 20.3 Å². The van der Waals surface area contributed by atoms with Crippen molar-refractivity contribution in [1.82, 2.24) is 4.72 Å². The maximum absolute atomic E-state index is 12.8. The van der Waals surface area contributed by atoms with Gasteiger partial charge in [-0.25, -0.2) is 13.1 Å². The third kappa shape index (κ3) is 6.48. The van der Waals surface area contributed by atoms with Gasteiger partial charge < -0.3 is 5.32 Å². The fraction of sp³-hybridized carbons (Fsp3) is 0.480. The molecule has 2 aromatic rings. The Labute approximate surface area is 197 Å². The van der Waals surface area contributed by atoms with Crippen LogP contribution >= 0.6 is 0 Å². The predicted octanol–water partition coefficient (Wildman–Crippen LogP) is 5.93. The molecular weight excluding hydrogens is 436 g/mol. The number of carbonyl (C=O) groups excluding carboxylic acids is 1. The van der Waals surface area contributed by atoms with E-state index in [1.54, 1.807) is 20.8 Å². The minimum Gasteiger partial charge on any atom is -0.326 e. The van der Waals surface area contributed by atoms with E-state index in [1.165, 1.54) is 0 Å². The van der Waals surface area contributed by atoms with Crippen molar-refractivity contribution < 1.29 is 13.2 Å². The van der Waals surface area contributed by atoms with E-state index in [0.29, 0.717) is 25.7 Å². The Kier molecular flexibility index (Phi) is 7.69. The Morgan fingerprint density at radius 1 is 0.939 bits per heavy atom. The van der Waals surface area contributed by atoms with Gasteiger partial charge in [-0.1, -0.05) is 18.2 Å². The van der Waals surface area contributed by atoms with E-state index in [1.807, 2.05) is 56.3 Å². The lowest BCUT2D eigenvalue weighted by Gasteiger charge is -2.30. The van der Waals surface area contributed by atoms with E-state index in [-0.39, 0.29) is 17.9 Å². The molecule has 0 bridgehead atoms. The fourth-order valence-corrected chi connectivity index (χ4v) is 4.77. The normalized spacial score (nSPS) is 19.5. The highest BCUT2D eigenvalue weighted by atomic mass is 32.2. The lowest BCUT2D eigenvalue weighted by Crippen LogP contribution is -2.46. The van der Waals surface area contributed by atoms with Crippen LogP contribution in [0.4, 0.5) is 17.1 Å². The number of azo groups is 1. The molecule has 0 atom stereocenters. The zero-order chi connectivity index (χ0) is 24.2. The first-order valence-corrected chi connectivity index (χ1v) is 12.9. The highest BCUT2D eigenvalue weighted by Crippen LogP contribution is 2.29. The lowest BCUT2D eigenvalue weighted by molar-refractivity contribution is -0.120. The number of benzene rings is 2. The van der Waals surface area contributed by atoms with Crippen LogP contribution in [0.2, 0.25) is 0 Å². The van der Waals surface area contributed by atoms with Crippen LogP contribution in [0.1, 0.15) is 57.6 Å². The van der Waals surface area contributed by atoms with Crippen LogP contribution in [-0.2, 0) is 14.8 Å². The second-order valence-corrected chi connectivity index (χ2v) is 12.2. The number of aryl methyl sites for hydroxylation is 2. The van der Waals surface area contributed by atoms with Crippen molar-refractivity contribution in [2.75, 3.05) is 5.32 Å². The summed E-state index contributed by atoms with van der Waals surface area (Å²) in [6, 6.07) is 13.3. The molecule has 3 rings (SSSR count). The van der Waals surface area contributed by atoms with Crippen molar-refractivity contribution in [3.05, 3.63) is 53.6 Å². The summed E-state index contributed by atoms with van der Waals surface area (Å²) in [4.78, 5) is 12.8. The van der Waals surface area contributed by atoms with Crippen LogP contribution in [0.15, 0.2) is 52.7 Å². The van der Waals surface area contributed by atoms with E-state index < -0.39 is 14.8 Å². The van der Waals surface area contributed by atoms with Gasteiger partial charge >= 0.3 is 0 Å². The zero-order valence-corrected chi connectivity index (χ0v) is 20.9. The summed E-state index contributed by atoms with van der Waals surface area (Å²) in [7, 11) is -3.39. The minimum absolute atomic E-state index is 0.0236. The minimum atomic E-state index is -3.39. The molecule has 2 aromatic carbocycles. The van der Waals surface area contributed by atoms with Gasteiger partial charge in [-0.2, -0.15) is 10.2 Å². The molecule has 1 saturated carbocycles. The van der Waals surface area contributed by atoms with E-state index in [9.17, 15) is 13.2 Å². The summed E-state index contributed by atoms with van der Waals surface area (Å²) in [6.45, 7) is 8.98. The van der Waals surface area contributed by atoms with Gasteiger partial charge in [-0.3, -0.25) is 4.79 Å². The molecule has 0 spiro atoms. The lowest BCUT2D eigenvalue weighted by atomic mass is 9.86. The molecule has 8 heteroatoms. The highest BCUT2D eigenvalue weighted by molar-refractivity contribution is 7.90. The number of anilines is 1. The van der Waals surface area contributed by atoms with Gasteiger partial charge in [-0.15, -0.1) is 0 Å². The Hall–Kier alpha value is -2.58. The van der Waals surface area contributed by atoms with Gasteiger partial charge in [0.05, 0.1) is 16.1 Å². The van der Waals surface area contributed by atoms with Crippen LogP contribution < -0.4 is 10.0 Å². The predicted molar refractivity (Wildman–Crippen MR) is 133 cm³/mol. The zero-order valence-electron chi connectivity index (χ0n) is 20.1. The number of rotatable bonds is 6. The summed E-state index contributed by atoms with van der Waals surface area (Å²) in [5, 5.41) is 11.7. The molecule has 0 aliphatic heterocycles. The molecule has 1 amide bonds. The smallest absolute Gasteiger partial charge is 0.227 e. The molecule has 178 valence electrons. The van der Waals surface area contributed by atoms with Crippen molar-refractivity contribution in [2.45, 2.75) is 71.1 Å². The molecule has 33 heavy (non-hydrogen) atoms. The number of nitrogens with zero attached hydrogens (tertiary/aromatic N) is 2. The first-order chi connectivity index (χ1) is 15.5. The van der Waals surface area contributed by atoms with Crippen molar-refractivity contribution in [2.24, 2.45) is 16.1 Å². The van der Waals surface area contributed by atoms with Gasteiger partial charge in [0.25, 0.3) is 0 Å². The van der Waals surface area contributed by atoms with Crippen LogP contribution in [0.5, 0.6) is 0 Å². The average molecular weight is 471 g/mol. The number of hydrogen-bond acceptors (Lipinski definition) is 5. The molecule has 0 unspecified atom stereocenters. The van der Waals surface area contributed by atoms with Gasteiger partial charge in [-0.05, 0) is 95.7 Å². The van der Waals surface area contributed by atoms with E-state index in [4.69, 9.17) is 0 Å². The quantitative estimate of drug-likeness (QED) is 0.511. The molecule has 0 radical (unpaired) electrons. The Morgan fingerprint density at radius 2 is 1.61 bits per heavy atom. The summed E-state index contributed by atoms with van der Waals surface area (Å²) < 4.78 is 26.7. The number of nitrogens with one attached hydrogen (secondary N) is 2. The SMILES string of the molecule is Cc1ccccc1/N=N/c1ccc(NC(=O)C2CCC(NS(=O)(=O)C(C)(C)C)CC2)c(C)c1. The standard InChI is InChI=1S/C25H34N4O3S/c1-17-8-6-7-9-23(17)28-27-21-14-15-22(18(2)16-21)26-24(30)19-10-12-20(13-11-19)29-33(31,32)25(3,4)5/h6-9,14-16,19-20,29H,10-13H2,1-5H3,(H,26,30)/b28-27+. The number of sulfonamides is 1. The van der Waals surface area contributed by atoms with Gasteiger partial charge in [0.1, 0.15) is 0 Å². The molecule has 2 N–H and O–H groups in total. The molecule has 0 saturated heterocycles. The van der Waals surface area contributed by atoms with Crippen LogP contribution in [0.25, 0.3) is 0 Å². The fourth-order valence-electron chi connectivity index (χ4n) is 3.74. The maximum Gasteiger partial charge on any atom is 0.227 e. The van der Waals surface area contributed by atoms with Gasteiger partial charge in [0, 0.05) is 17.6 Å².